The van der Waals surface area contributed by atoms with Crippen molar-refractivity contribution in [2.24, 2.45) is 0 Å². The van der Waals surface area contributed by atoms with Crippen LogP contribution in [-0.2, 0) is 19.5 Å². The van der Waals surface area contributed by atoms with Crippen LogP contribution in [0.1, 0.15) is 26.2 Å². The zero-order valence-corrected chi connectivity index (χ0v) is 20.8. The van der Waals surface area contributed by atoms with Gasteiger partial charge in [0.2, 0.25) is 10.0 Å². The van der Waals surface area contributed by atoms with Crippen LogP contribution in [0.15, 0.2) is 29.2 Å². The van der Waals surface area contributed by atoms with Gasteiger partial charge >= 0.3 is 6.09 Å². The molecule has 1 aromatic rings. The van der Waals surface area contributed by atoms with Gasteiger partial charge in [-0.25, -0.2) is 13.2 Å². The summed E-state index contributed by atoms with van der Waals surface area (Å²) in [6, 6.07) is 5.32. The Hall–Kier alpha value is -1.43. The highest BCUT2D eigenvalue weighted by Gasteiger charge is 2.43. The molecule has 2 fully saturated rings. The Morgan fingerprint density at radius 2 is 1.76 bits per heavy atom. The molecule has 3 rings (SSSR count). The van der Waals surface area contributed by atoms with Crippen molar-refractivity contribution in [3.05, 3.63) is 29.3 Å². The lowest BCUT2D eigenvalue weighted by Gasteiger charge is -2.43. The van der Waals surface area contributed by atoms with Gasteiger partial charge < -0.3 is 19.5 Å². The minimum Gasteiger partial charge on any atom is -0.448 e. The number of β-amino-alcohol motifs (C(OH)–C–C–N with tert-alkyl or cyclic N) is 1. The molecule has 2 aliphatic rings. The fourth-order valence-corrected chi connectivity index (χ4v) is 6.58. The fraction of sp³-hybridized carbons (Fsp3) is 0.682. The first-order valence-electron chi connectivity index (χ1n) is 11.4. The largest absolute Gasteiger partial charge is 0.448 e. The van der Waals surface area contributed by atoms with Gasteiger partial charge in [-0.3, -0.25) is 4.90 Å². The van der Waals surface area contributed by atoms with E-state index in [1.165, 1.54) is 16.4 Å². The molecule has 2 heterocycles. The van der Waals surface area contributed by atoms with E-state index >= 15 is 0 Å². The monoisotopic (exact) mass is 503 g/mol. The molecule has 33 heavy (non-hydrogen) atoms. The number of halogens is 1. The quantitative estimate of drug-likeness (QED) is 0.579. The maximum atomic E-state index is 13.6. The lowest BCUT2D eigenvalue weighted by Crippen LogP contribution is -2.56. The molecule has 0 saturated carbocycles. The summed E-state index contributed by atoms with van der Waals surface area (Å²) in [7, 11) is -2.20. The van der Waals surface area contributed by atoms with Crippen LogP contribution in [-0.4, -0.2) is 105 Å². The molecular formula is C22H34ClN3O6S. The fourth-order valence-electron chi connectivity index (χ4n) is 4.56. The van der Waals surface area contributed by atoms with Gasteiger partial charge in [0.1, 0.15) is 6.61 Å². The van der Waals surface area contributed by atoms with Crippen LogP contribution in [0.3, 0.4) is 0 Å². The topological polar surface area (TPSA) is 99.6 Å². The molecule has 0 spiro atoms. The molecule has 0 aliphatic carbocycles. The van der Waals surface area contributed by atoms with Crippen LogP contribution in [0.4, 0.5) is 4.79 Å². The number of carbonyl (C=O) groups excluding carboxylic acids is 1. The Balaban J connectivity index is 1.73. The van der Waals surface area contributed by atoms with Crippen molar-refractivity contribution in [1.29, 1.82) is 0 Å². The van der Waals surface area contributed by atoms with E-state index in [0.717, 1.165) is 0 Å². The zero-order valence-electron chi connectivity index (χ0n) is 19.2. The maximum absolute atomic E-state index is 13.6. The molecule has 0 aromatic heterocycles. The molecule has 3 atom stereocenters. The number of carbonyl (C=O) groups is 1. The van der Waals surface area contributed by atoms with E-state index in [4.69, 9.17) is 26.2 Å². The predicted octanol–water partition coefficient (Wildman–Crippen LogP) is 2.03. The number of rotatable bonds is 8. The number of piperidine rings is 1. The molecule has 1 aromatic carbocycles. The number of piperazine rings is 1. The first kappa shape index (κ1) is 26.2. The average molecular weight is 504 g/mol. The number of aliphatic hydroxyl groups is 1. The van der Waals surface area contributed by atoms with Gasteiger partial charge in [-0.1, -0.05) is 18.5 Å². The Kier molecular flexibility index (Phi) is 9.37. The van der Waals surface area contributed by atoms with E-state index in [0.29, 0.717) is 57.0 Å². The molecule has 11 heteroatoms. The Morgan fingerprint density at radius 1 is 1.12 bits per heavy atom. The van der Waals surface area contributed by atoms with Crippen LogP contribution in [0.2, 0.25) is 5.02 Å². The molecule has 2 saturated heterocycles. The van der Waals surface area contributed by atoms with Gasteiger partial charge in [0.05, 0.1) is 23.6 Å². The van der Waals surface area contributed by atoms with Crippen LogP contribution >= 0.6 is 11.6 Å². The second-order valence-corrected chi connectivity index (χ2v) is 10.7. The highest BCUT2D eigenvalue weighted by molar-refractivity contribution is 7.89. The van der Waals surface area contributed by atoms with Crippen molar-refractivity contribution < 1.29 is 27.8 Å². The van der Waals surface area contributed by atoms with E-state index in [9.17, 15) is 13.2 Å². The number of hydrogen-bond donors (Lipinski definition) is 1. The molecule has 186 valence electrons. The molecule has 2 aliphatic heterocycles. The minimum absolute atomic E-state index is 0.0428. The SMILES string of the molecule is CC[C@@H]1C[C@@H](OC)C[C@H](COC(=O)N2CCN(CCO)CC2)N1S(=O)(=O)c1ccc(Cl)cc1. The van der Waals surface area contributed by atoms with E-state index in [-0.39, 0.29) is 30.3 Å². The number of hydrogen-bond acceptors (Lipinski definition) is 7. The number of benzene rings is 1. The highest BCUT2D eigenvalue weighted by Crippen LogP contribution is 2.33. The van der Waals surface area contributed by atoms with Crippen molar-refractivity contribution in [2.75, 3.05) is 53.0 Å². The van der Waals surface area contributed by atoms with Crippen molar-refractivity contribution in [3.63, 3.8) is 0 Å². The van der Waals surface area contributed by atoms with Crippen LogP contribution in [0.25, 0.3) is 0 Å². The number of methoxy groups -OCH3 is 1. The second-order valence-electron chi connectivity index (χ2n) is 8.46. The van der Waals surface area contributed by atoms with Gasteiger partial charge in [0.25, 0.3) is 0 Å². The normalized spacial score (nSPS) is 25.2. The first-order chi connectivity index (χ1) is 15.8. The second kappa shape index (κ2) is 11.8. The summed E-state index contributed by atoms with van der Waals surface area (Å²) in [6.45, 7) is 4.92. The third-order valence-electron chi connectivity index (χ3n) is 6.43. The third-order valence-corrected chi connectivity index (χ3v) is 8.70. The van der Waals surface area contributed by atoms with E-state index in [2.05, 4.69) is 4.90 Å². The van der Waals surface area contributed by atoms with E-state index in [1.54, 1.807) is 24.1 Å². The van der Waals surface area contributed by atoms with Gasteiger partial charge in [-0.05, 0) is 43.5 Å². The smallest absolute Gasteiger partial charge is 0.409 e. The van der Waals surface area contributed by atoms with Crippen LogP contribution < -0.4 is 0 Å². The average Bonchev–Trinajstić information content (AvgIpc) is 2.82. The molecule has 0 unspecified atom stereocenters. The van der Waals surface area contributed by atoms with Gasteiger partial charge in [0.15, 0.2) is 0 Å². The molecule has 1 N–H and O–H groups in total. The van der Waals surface area contributed by atoms with E-state index < -0.39 is 22.2 Å². The standard InChI is InChI=1S/C22H34ClN3O6S/c1-3-18-14-20(31-2)15-19(26(18)33(29,30)21-6-4-17(23)5-7-21)16-32-22(28)25-10-8-24(9-11-25)12-13-27/h4-7,18-20,27H,3,8-16H2,1-2H3/t18-,19-,20-/m1/s1. The third kappa shape index (κ3) is 6.37. The van der Waals surface area contributed by atoms with E-state index in [1.807, 2.05) is 6.92 Å². The minimum atomic E-state index is -3.82. The van der Waals surface area contributed by atoms with Gasteiger partial charge in [-0.2, -0.15) is 4.31 Å². The number of amides is 1. The molecule has 0 bridgehead atoms. The predicted molar refractivity (Wildman–Crippen MR) is 125 cm³/mol. The Labute approximate surface area is 201 Å². The summed E-state index contributed by atoms with van der Waals surface area (Å²) in [5.74, 6) is 0. The summed E-state index contributed by atoms with van der Waals surface area (Å²) in [5.41, 5.74) is 0. The summed E-state index contributed by atoms with van der Waals surface area (Å²) < 4.78 is 39.9. The molecule has 1 amide bonds. The Bertz CT molecular complexity index is 877. The van der Waals surface area contributed by atoms with Crippen molar-refractivity contribution in [2.45, 2.75) is 49.3 Å². The summed E-state index contributed by atoms with van der Waals surface area (Å²) in [5, 5.41) is 9.54. The van der Waals surface area contributed by atoms with Crippen molar-refractivity contribution in [1.82, 2.24) is 14.1 Å². The lowest BCUT2D eigenvalue weighted by molar-refractivity contribution is -0.0110. The maximum Gasteiger partial charge on any atom is 0.409 e. The molecule has 0 radical (unpaired) electrons. The van der Waals surface area contributed by atoms with Crippen molar-refractivity contribution in [3.8, 4) is 0 Å². The van der Waals surface area contributed by atoms with Crippen LogP contribution in [0, 0.1) is 0 Å². The number of aliphatic hydroxyl groups excluding tert-OH is 1. The number of nitrogens with zero attached hydrogens (tertiary/aromatic N) is 3. The lowest BCUT2D eigenvalue weighted by atomic mass is 9.94. The van der Waals surface area contributed by atoms with Crippen molar-refractivity contribution >= 4 is 27.7 Å². The first-order valence-corrected chi connectivity index (χ1v) is 13.2. The Morgan fingerprint density at radius 3 is 2.33 bits per heavy atom. The molecular weight excluding hydrogens is 470 g/mol. The summed E-state index contributed by atoms with van der Waals surface area (Å²) >= 11 is 5.95. The summed E-state index contributed by atoms with van der Waals surface area (Å²) in [6.07, 6.45) is 1.07. The number of sulfonamides is 1. The summed E-state index contributed by atoms with van der Waals surface area (Å²) in [4.78, 5) is 16.6. The highest BCUT2D eigenvalue weighted by atomic mass is 35.5. The van der Waals surface area contributed by atoms with Gasteiger partial charge in [-0.15, -0.1) is 0 Å². The van der Waals surface area contributed by atoms with Gasteiger partial charge in [0, 0.05) is 50.9 Å². The molecule has 9 nitrogen and oxygen atoms in total. The number of ether oxygens (including phenoxy) is 2. The van der Waals surface area contributed by atoms with Crippen LogP contribution in [0.5, 0.6) is 0 Å². The zero-order chi connectivity index (χ0) is 24.0.